The van der Waals surface area contributed by atoms with Crippen LogP contribution in [0.5, 0.6) is 0 Å². The molecule has 2 aromatic carbocycles. The Hall–Kier alpha value is -3.87. The molecular formula is C21H16FN5O. The summed E-state index contributed by atoms with van der Waals surface area (Å²) in [6.45, 7) is 1.72. The molecule has 2 heterocycles. The summed E-state index contributed by atoms with van der Waals surface area (Å²) in [5, 5.41) is 6.90. The van der Waals surface area contributed by atoms with Gasteiger partial charge in [-0.3, -0.25) is 4.79 Å². The van der Waals surface area contributed by atoms with Crippen molar-refractivity contribution in [1.82, 2.24) is 19.7 Å². The van der Waals surface area contributed by atoms with Crippen LogP contribution in [-0.2, 0) is 0 Å². The summed E-state index contributed by atoms with van der Waals surface area (Å²) >= 11 is 0. The van der Waals surface area contributed by atoms with E-state index < -0.39 is 5.91 Å². The molecule has 28 heavy (non-hydrogen) atoms. The first-order chi connectivity index (χ1) is 13.6. The fourth-order valence-electron chi connectivity index (χ4n) is 2.75. The number of carbonyl (C=O) groups excluding carboxylic acids is 1. The fourth-order valence-corrected chi connectivity index (χ4v) is 2.75. The van der Waals surface area contributed by atoms with Crippen LogP contribution in [0.4, 0.5) is 10.2 Å². The van der Waals surface area contributed by atoms with Gasteiger partial charge in [-0.15, -0.1) is 5.10 Å². The molecule has 0 bridgehead atoms. The third kappa shape index (κ3) is 3.64. The molecule has 7 heteroatoms. The number of nitrogens with zero attached hydrogens (tertiary/aromatic N) is 4. The van der Waals surface area contributed by atoms with Gasteiger partial charge < -0.3 is 5.32 Å². The summed E-state index contributed by atoms with van der Waals surface area (Å²) in [5.41, 5.74) is 2.62. The Labute approximate surface area is 160 Å². The second-order valence-electron chi connectivity index (χ2n) is 6.12. The average molecular weight is 373 g/mol. The second-order valence-corrected chi connectivity index (χ2v) is 6.12. The third-order valence-corrected chi connectivity index (χ3v) is 4.16. The van der Waals surface area contributed by atoms with Gasteiger partial charge in [-0.1, -0.05) is 30.3 Å². The van der Waals surface area contributed by atoms with E-state index in [0.29, 0.717) is 17.3 Å². The summed E-state index contributed by atoms with van der Waals surface area (Å²) in [7, 11) is 0. The van der Waals surface area contributed by atoms with Crippen LogP contribution in [0, 0.1) is 12.7 Å². The van der Waals surface area contributed by atoms with Crippen LogP contribution in [0.15, 0.2) is 72.9 Å². The average Bonchev–Trinajstić information content (AvgIpc) is 3.12. The summed E-state index contributed by atoms with van der Waals surface area (Å²) < 4.78 is 14.6. The Morgan fingerprint density at radius 1 is 0.964 bits per heavy atom. The van der Waals surface area contributed by atoms with Gasteiger partial charge in [0.1, 0.15) is 17.5 Å². The number of aryl methyl sites for hydroxylation is 1. The van der Waals surface area contributed by atoms with E-state index in [1.54, 1.807) is 31.3 Å². The van der Waals surface area contributed by atoms with Gasteiger partial charge in [0.2, 0.25) is 5.82 Å². The normalized spacial score (nSPS) is 10.6. The molecule has 0 aliphatic heterocycles. The number of hydrogen-bond donors (Lipinski definition) is 1. The molecule has 4 aromatic rings. The first-order valence-corrected chi connectivity index (χ1v) is 8.62. The smallest absolute Gasteiger partial charge is 0.296 e. The molecule has 0 saturated carbocycles. The van der Waals surface area contributed by atoms with Gasteiger partial charge >= 0.3 is 0 Å². The largest absolute Gasteiger partial charge is 0.304 e. The van der Waals surface area contributed by atoms with Crippen molar-refractivity contribution in [3.8, 4) is 16.8 Å². The molecule has 6 nitrogen and oxygen atoms in total. The molecule has 1 amide bonds. The predicted octanol–water partition coefficient (Wildman–Crippen LogP) is 4.03. The van der Waals surface area contributed by atoms with Crippen LogP contribution in [0.3, 0.4) is 0 Å². The van der Waals surface area contributed by atoms with E-state index in [4.69, 9.17) is 0 Å². The van der Waals surface area contributed by atoms with Gasteiger partial charge in [0.15, 0.2) is 0 Å². The summed E-state index contributed by atoms with van der Waals surface area (Å²) in [4.78, 5) is 20.9. The van der Waals surface area contributed by atoms with E-state index in [9.17, 15) is 9.18 Å². The quantitative estimate of drug-likeness (QED) is 0.586. The minimum atomic E-state index is -0.469. The van der Waals surface area contributed by atoms with Gasteiger partial charge in [-0.25, -0.2) is 19.0 Å². The topological polar surface area (TPSA) is 72.7 Å². The minimum Gasteiger partial charge on any atom is -0.304 e. The Bertz CT molecular complexity index is 1110. The molecule has 0 aliphatic rings. The number of halogens is 1. The molecule has 0 spiro atoms. The number of anilines is 1. The van der Waals surface area contributed by atoms with Gasteiger partial charge in [-0.2, -0.15) is 0 Å². The van der Waals surface area contributed by atoms with E-state index in [0.717, 1.165) is 11.1 Å². The molecule has 0 radical (unpaired) electrons. The molecular weight excluding hydrogens is 357 g/mol. The number of nitrogens with one attached hydrogen (secondary N) is 1. The third-order valence-electron chi connectivity index (χ3n) is 4.16. The predicted molar refractivity (Wildman–Crippen MR) is 104 cm³/mol. The number of pyridine rings is 1. The Kier molecular flexibility index (Phi) is 4.63. The van der Waals surface area contributed by atoms with E-state index in [2.05, 4.69) is 20.4 Å². The Morgan fingerprint density at radius 2 is 1.71 bits per heavy atom. The standard InChI is InChI=1S/C21H16FN5O/c1-14-24-20(26-27(14)18-10-8-17(22)9-11-18)21(28)25-19-12-7-16(13-23-19)15-5-3-2-4-6-15/h2-13H,1H3,(H,23,25,28). The van der Waals surface area contributed by atoms with Gasteiger partial charge in [0, 0.05) is 11.8 Å². The number of hydrogen-bond acceptors (Lipinski definition) is 4. The van der Waals surface area contributed by atoms with E-state index in [-0.39, 0.29) is 11.6 Å². The van der Waals surface area contributed by atoms with Crippen molar-refractivity contribution < 1.29 is 9.18 Å². The molecule has 0 atom stereocenters. The van der Waals surface area contributed by atoms with Crippen molar-refractivity contribution >= 4 is 11.7 Å². The zero-order valence-corrected chi connectivity index (χ0v) is 15.0. The van der Waals surface area contributed by atoms with E-state index in [1.807, 2.05) is 36.4 Å². The molecule has 138 valence electrons. The Balaban J connectivity index is 1.51. The lowest BCUT2D eigenvalue weighted by molar-refractivity contribution is 0.101. The van der Waals surface area contributed by atoms with Crippen molar-refractivity contribution in [3.05, 3.63) is 90.4 Å². The minimum absolute atomic E-state index is 0.00996. The van der Waals surface area contributed by atoms with E-state index >= 15 is 0 Å². The molecule has 0 aliphatic carbocycles. The van der Waals surface area contributed by atoms with Crippen molar-refractivity contribution in [3.63, 3.8) is 0 Å². The summed E-state index contributed by atoms with van der Waals surface area (Å²) in [5.74, 6) is 0.119. The number of benzene rings is 2. The van der Waals surface area contributed by atoms with E-state index in [1.165, 1.54) is 16.8 Å². The second kappa shape index (κ2) is 7.40. The maximum absolute atomic E-state index is 13.1. The number of amides is 1. The fraction of sp³-hybridized carbons (Fsp3) is 0.0476. The van der Waals surface area contributed by atoms with Crippen LogP contribution < -0.4 is 5.32 Å². The first kappa shape index (κ1) is 17.5. The van der Waals surface area contributed by atoms with Crippen LogP contribution in [0.1, 0.15) is 16.4 Å². The molecule has 4 rings (SSSR count). The lowest BCUT2D eigenvalue weighted by Gasteiger charge is -2.04. The van der Waals surface area contributed by atoms with Crippen LogP contribution in [0.2, 0.25) is 0 Å². The van der Waals surface area contributed by atoms with Crippen molar-refractivity contribution in [1.29, 1.82) is 0 Å². The molecule has 0 fully saturated rings. The van der Waals surface area contributed by atoms with Gasteiger partial charge in [0.05, 0.1) is 5.69 Å². The molecule has 0 saturated heterocycles. The zero-order valence-electron chi connectivity index (χ0n) is 15.0. The SMILES string of the molecule is Cc1nc(C(=O)Nc2ccc(-c3ccccc3)cn2)nn1-c1ccc(F)cc1. The van der Waals surface area contributed by atoms with Crippen LogP contribution >= 0.6 is 0 Å². The van der Waals surface area contributed by atoms with Crippen molar-refractivity contribution in [2.75, 3.05) is 5.32 Å². The number of carbonyl (C=O) groups is 1. The van der Waals surface area contributed by atoms with Crippen LogP contribution in [-0.4, -0.2) is 25.7 Å². The summed E-state index contributed by atoms with van der Waals surface area (Å²) in [6.07, 6.45) is 1.70. The monoisotopic (exact) mass is 373 g/mol. The lowest BCUT2D eigenvalue weighted by Crippen LogP contribution is -2.15. The Morgan fingerprint density at radius 3 is 2.39 bits per heavy atom. The van der Waals surface area contributed by atoms with Crippen LogP contribution in [0.25, 0.3) is 16.8 Å². The number of rotatable bonds is 4. The van der Waals surface area contributed by atoms with Crippen molar-refractivity contribution in [2.45, 2.75) is 6.92 Å². The number of aromatic nitrogens is 4. The zero-order chi connectivity index (χ0) is 19.5. The highest BCUT2D eigenvalue weighted by Crippen LogP contribution is 2.19. The van der Waals surface area contributed by atoms with Gasteiger partial charge in [-0.05, 0) is 48.9 Å². The maximum atomic E-state index is 13.1. The van der Waals surface area contributed by atoms with Gasteiger partial charge in [0.25, 0.3) is 5.91 Å². The van der Waals surface area contributed by atoms with Crippen molar-refractivity contribution in [2.24, 2.45) is 0 Å². The maximum Gasteiger partial charge on any atom is 0.296 e. The molecule has 1 N–H and O–H groups in total. The first-order valence-electron chi connectivity index (χ1n) is 8.62. The lowest BCUT2D eigenvalue weighted by atomic mass is 10.1. The molecule has 0 unspecified atom stereocenters. The highest BCUT2D eigenvalue weighted by molar-refractivity contribution is 6.01. The summed E-state index contributed by atoms with van der Waals surface area (Å²) in [6, 6.07) is 19.2. The molecule has 2 aromatic heterocycles. The highest BCUT2D eigenvalue weighted by Gasteiger charge is 2.16. The highest BCUT2D eigenvalue weighted by atomic mass is 19.1.